The van der Waals surface area contributed by atoms with E-state index in [9.17, 15) is 22.8 Å². The number of rotatable bonds is 10. The molecule has 2 N–H and O–H groups in total. The lowest BCUT2D eigenvalue weighted by molar-refractivity contribution is 0.402. The van der Waals surface area contributed by atoms with Crippen LogP contribution >= 0.6 is 11.6 Å². The van der Waals surface area contributed by atoms with Gasteiger partial charge in [0.2, 0.25) is 0 Å². The summed E-state index contributed by atoms with van der Waals surface area (Å²) in [4.78, 5) is 28.9. The van der Waals surface area contributed by atoms with Crippen molar-refractivity contribution in [3.05, 3.63) is 99.2 Å². The molecule has 0 aliphatic rings. The summed E-state index contributed by atoms with van der Waals surface area (Å²) in [7, 11) is -1.13. The fraction of sp³-hybridized carbons (Fsp3) is 0.333. The van der Waals surface area contributed by atoms with Crippen LogP contribution < -0.4 is 15.6 Å². The van der Waals surface area contributed by atoms with Crippen molar-refractivity contribution in [1.29, 1.82) is 0 Å². The molecule has 7 nitrogen and oxygen atoms in total. The quantitative estimate of drug-likeness (QED) is 0.142. The van der Waals surface area contributed by atoms with Gasteiger partial charge in [0.05, 0.1) is 35.9 Å². The van der Waals surface area contributed by atoms with Crippen LogP contribution in [0.15, 0.2) is 59.9 Å². The number of methoxy groups -OCH3 is 1. The molecule has 4 aromatic rings. The SMILES string of the molecule is COc1cc(Nc2cc(Cl)cn(C(CCC(C)(C)[Si](C)(C)O)c3cc(F)c(F)c(F)c3)c2=O)ccc1-n1cnc(C)c1. The zero-order valence-corrected chi connectivity index (χ0v) is 26.1. The van der Waals surface area contributed by atoms with Gasteiger partial charge in [0, 0.05) is 24.1 Å². The zero-order chi connectivity index (χ0) is 31.0. The second-order valence-corrected chi connectivity index (χ2v) is 16.4. The summed E-state index contributed by atoms with van der Waals surface area (Å²) in [5.41, 5.74) is 1.77. The Kier molecular flexibility index (Phi) is 8.96. The van der Waals surface area contributed by atoms with Crippen LogP contribution in [0, 0.1) is 24.4 Å². The van der Waals surface area contributed by atoms with Gasteiger partial charge in [-0.15, -0.1) is 0 Å². The Morgan fingerprint density at radius 2 is 1.79 bits per heavy atom. The van der Waals surface area contributed by atoms with Crippen LogP contribution in [0.25, 0.3) is 5.69 Å². The first-order chi connectivity index (χ1) is 19.6. The Morgan fingerprint density at radius 1 is 1.12 bits per heavy atom. The second kappa shape index (κ2) is 12.0. The molecule has 1 unspecified atom stereocenters. The third-order valence-corrected chi connectivity index (χ3v) is 11.7. The number of ether oxygens (including phenoxy) is 1. The molecule has 12 heteroatoms. The Bertz CT molecular complexity index is 1640. The topological polar surface area (TPSA) is 81.3 Å². The molecule has 0 bridgehead atoms. The molecule has 2 aromatic carbocycles. The predicted molar refractivity (Wildman–Crippen MR) is 161 cm³/mol. The summed E-state index contributed by atoms with van der Waals surface area (Å²) in [6, 6.07) is 7.61. The number of hydrogen-bond donors (Lipinski definition) is 2. The number of halogens is 4. The van der Waals surface area contributed by atoms with E-state index >= 15 is 0 Å². The summed E-state index contributed by atoms with van der Waals surface area (Å²) >= 11 is 6.46. The lowest BCUT2D eigenvalue weighted by Gasteiger charge is -2.36. The standard InChI is InChI=1S/C30H34ClF3N4O3Si/c1-18-15-37(17-35-18)26-8-7-21(14-27(26)41-4)36-24-13-20(31)16-38(29(24)39)25(9-10-30(2,3)42(5,6)40)19-11-22(32)28(34)23(33)12-19/h7-8,11-17,25,36,40H,9-10H2,1-6H3. The number of nitrogens with one attached hydrogen (secondary N) is 1. The molecule has 42 heavy (non-hydrogen) atoms. The van der Waals surface area contributed by atoms with Gasteiger partial charge in [-0.2, -0.15) is 0 Å². The maximum absolute atomic E-state index is 14.4. The smallest absolute Gasteiger partial charge is 0.274 e. The van der Waals surface area contributed by atoms with Crippen molar-refractivity contribution in [2.24, 2.45) is 0 Å². The lowest BCUT2D eigenvalue weighted by atomic mass is 9.96. The average Bonchev–Trinajstić information content (AvgIpc) is 3.34. The highest BCUT2D eigenvalue weighted by atomic mass is 35.5. The summed E-state index contributed by atoms with van der Waals surface area (Å²) in [5, 5.41) is 2.77. The molecule has 2 heterocycles. The Labute approximate surface area is 248 Å². The monoisotopic (exact) mass is 618 g/mol. The van der Waals surface area contributed by atoms with E-state index < -0.39 is 42.4 Å². The van der Waals surface area contributed by atoms with Crippen LogP contribution in [0.5, 0.6) is 5.75 Å². The van der Waals surface area contributed by atoms with Gasteiger partial charge in [0.1, 0.15) is 11.4 Å². The number of hydrogen-bond acceptors (Lipinski definition) is 5. The molecule has 0 aliphatic heterocycles. The van der Waals surface area contributed by atoms with Crippen molar-refractivity contribution in [3.8, 4) is 11.4 Å². The van der Waals surface area contributed by atoms with E-state index in [-0.39, 0.29) is 22.7 Å². The van der Waals surface area contributed by atoms with Crippen molar-refractivity contribution >= 4 is 31.3 Å². The largest absolute Gasteiger partial charge is 0.494 e. The number of pyridine rings is 1. The molecule has 2 aromatic heterocycles. The predicted octanol–water partition coefficient (Wildman–Crippen LogP) is 7.51. The number of benzene rings is 2. The molecule has 0 spiro atoms. The Hall–Kier alpha value is -3.54. The van der Waals surface area contributed by atoms with Gasteiger partial charge in [-0.25, -0.2) is 18.2 Å². The maximum Gasteiger partial charge on any atom is 0.274 e. The molecule has 0 saturated heterocycles. The third kappa shape index (κ3) is 6.58. The van der Waals surface area contributed by atoms with E-state index in [0.717, 1.165) is 23.5 Å². The van der Waals surface area contributed by atoms with E-state index in [4.69, 9.17) is 16.3 Å². The van der Waals surface area contributed by atoms with Gasteiger partial charge in [-0.05, 0) is 73.8 Å². The first-order valence-electron chi connectivity index (χ1n) is 13.4. The number of nitrogens with zero attached hydrogens (tertiary/aromatic N) is 3. The highest BCUT2D eigenvalue weighted by molar-refractivity contribution is 6.72. The van der Waals surface area contributed by atoms with Gasteiger partial charge in [0.15, 0.2) is 25.8 Å². The first-order valence-corrected chi connectivity index (χ1v) is 16.7. The van der Waals surface area contributed by atoms with Crippen LogP contribution in [0.1, 0.15) is 44.0 Å². The van der Waals surface area contributed by atoms with Crippen molar-refractivity contribution in [3.63, 3.8) is 0 Å². The van der Waals surface area contributed by atoms with Crippen LogP contribution in [-0.2, 0) is 0 Å². The fourth-order valence-electron chi connectivity index (χ4n) is 4.60. The lowest BCUT2D eigenvalue weighted by Crippen LogP contribution is -2.39. The van der Waals surface area contributed by atoms with Gasteiger partial charge in [-0.3, -0.25) is 4.79 Å². The molecule has 0 amide bonds. The second-order valence-electron chi connectivity index (χ2n) is 11.5. The van der Waals surface area contributed by atoms with Gasteiger partial charge in [-0.1, -0.05) is 25.4 Å². The summed E-state index contributed by atoms with van der Waals surface area (Å²) in [6.45, 7) is 9.31. The van der Waals surface area contributed by atoms with Gasteiger partial charge < -0.3 is 24.0 Å². The van der Waals surface area contributed by atoms with Gasteiger partial charge in [0.25, 0.3) is 5.56 Å². The zero-order valence-electron chi connectivity index (χ0n) is 24.3. The average molecular weight is 619 g/mol. The number of aromatic nitrogens is 3. The van der Waals surface area contributed by atoms with Gasteiger partial charge >= 0.3 is 0 Å². The highest BCUT2D eigenvalue weighted by Crippen LogP contribution is 2.42. The maximum atomic E-state index is 14.4. The van der Waals surface area contributed by atoms with E-state index in [2.05, 4.69) is 10.3 Å². The molecule has 0 aliphatic carbocycles. The summed E-state index contributed by atoms with van der Waals surface area (Å²) < 4.78 is 51.3. The van der Waals surface area contributed by atoms with Crippen LogP contribution in [0.4, 0.5) is 24.5 Å². The minimum Gasteiger partial charge on any atom is -0.494 e. The van der Waals surface area contributed by atoms with E-state index in [1.165, 1.54) is 23.9 Å². The van der Waals surface area contributed by atoms with Crippen LogP contribution in [-0.4, -0.2) is 34.3 Å². The normalized spacial score (nSPS) is 12.8. The molecule has 4 rings (SSSR count). The van der Waals surface area contributed by atoms with Crippen molar-refractivity contribution in [2.45, 2.75) is 57.8 Å². The third-order valence-electron chi connectivity index (χ3n) is 7.88. The molecular formula is C30H34ClF3N4O3Si. The fourth-order valence-corrected chi connectivity index (χ4v) is 5.57. The number of aryl methyl sites for hydroxylation is 1. The van der Waals surface area contributed by atoms with Crippen molar-refractivity contribution < 1.29 is 22.7 Å². The molecule has 0 radical (unpaired) electrons. The number of anilines is 2. The molecule has 1 atom stereocenters. The number of imidazole rings is 1. The van der Waals surface area contributed by atoms with Crippen LogP contribution in [0.3, 0.4) is 0 Å². The molecule has 0 fully saturated rings. The minimum atomic E-state index is -2.66. The van der Waals surface area contributed by atoms with Crippen LogP contribution in [0.2, 0.25) is 23.2 Å². The summed E-state index contributed by atoms with van der Waals surface area (Å²) in [5.74, 6) is -3.79. The van der Waals surface area contributed by atoms with Crippen molar-refractivity contribution in [2.75, 3.05) is 12.4 Å². The van der Waals surface area contributed by atoms with E-state index in [0.29, 0.717) is 17.9 Å². The Morgan fingerprint density at radius 3 is 2.36 bits per heavy atom. The van der Waals surface area contributed by atoms with Crippen molar-refractivity contribution in [1.82, 2.24) is 14.1 Å². The van der Waals surface area contributed by atoms with E-state index in [1.54, 1.807) is 37.6 Å². The summed E-state index contributed by atoms with van der Waals surface area (Å²) in [6.07, 6.45) is 5.55. The highest BCUT2D eigenvalue weighted by Gasteiger charge is 2.38. The molecule has 224 valence electrons. The Balaban J connectivity index is 1.77. The first kappa shape index (κ1) is 31.4. The molecular weight excluding hydrogens is 585 g/mol. The minimum absolute atomic E-state index is 0.0663. The van der Waals surface area contributed by atoms with E-state index in [1.807, 2.05) is 31.5 Å². The molecule has 0 saturated carbocycles.